The molecular formula is C29H30ClNO4. The smallest absolute Gasteiger partial charge is 0.176 e. The zero-order chi connectivity index (χ0) is 24.5. The van der Waals surface area contributed by atoms with E-state index in [9.17, 15) is 14.7 Å². The number of nitrogens with zero attached hydrogens (tertiary/aromatic N) is 1. The van der Waals surface area contributed by atoms with Crippen LogP contribution in [0, 0.1) is 0 Å². The predicted octanol–water partition coefficient (Wildman–Crippen LogP) is 6.10. The van der Waals surface area contributed by atoms with E-state index in [0.717, 1.165) is 55.6 Å². The number of carbonyl (C=O) groups is 2. The molecule has 0 fully saturated rings. The fraction of sp³-hybridized carbons (Fsp3) is 0.379. The van der Waals surface area contributed by atoms with Crippen molar-refractivity contribution in [1.82, 2.24) is 4.90 Å². The van der Waals surface area contributed by atoms with Crippen LogP contribution in [0.2, 0.25) is 5.02 Å². The van der Waals surface area contributed by atoms with Gasteiger partial charge < -0.3 is 14.7 Å². The van der Waals surface area contributed by atoms with E-state index >= 15 is 0 Å². The third-order valence-corrected chi connectivity index (χ3v) is 7.53. The summed E-state index contributed by atoms with van der Waals surface area (Å²) in [4.78, 5) is 29.2. The highest BCUT2D eigenvalue weighted by molar-refractivity contribution is 6.32. The molecule has 2 aromatic rings. The van der Waals surface area contributed by atoms with E-state index in [1.165, 1.54) is 5.56 Å². The summed E-state index contributed by atoms with van der Waals surface area (Å²) in [5.41, 5.74) is 5.46. The van der Waals surface area contributed by atoms with Crippen molar-refractivity contribution < 1.29 is 19.4 Å². The molecule has 0 amide bonds. The lowest BCUT2D eigenvalue weighted by Crippen LogP contribution is -2.40. The van der Waals surface area contributed by atoms with Crippen molar-refractivity contribution in [3.8, 4) is 11.5 Å². The molecule has 6 heteroatoms. The van der Waals surface area contributed by atoms with Crippen LogP contribution < -0.4 is 4.74 Å². The van der Waals surface area contributed by atoms with Gasteiger partial charge in [-0.25, -0.2) is 0 Å². The van der Waals surface area contributed by atoms with Crippen molar-refractivity contribution in [2.24, 2.45) is 0 Å². The maximum absolute atomic E-state index is 13.4. The summed E-state index contributed by atoms with van der Waals surface area (Å²) in [6, 6.07) is 13.7. The van der Waals surface area contributed by atoms with Crippen LogP contribution in [0.25, 0.3) is 0 Å². The first-order valence-corrected chi connectivity index (χ1v) is 12.9. The number of halogens is 1. The minimum absolute atomic E-state index is 0.0908. The first kappa shape index (κ1) is 23.7. The number of hydrogen-bond acceptors (Lipinski definition) is 5. The SMILES string of the molecule is CCOc1cc(C2C3=C(CCCC3=O)N(CCc3ccccc3)C3=C2C(=O)CCC3)cc(Cl)c1O. The fourth-order valence-electron chi connectivity index (χ4n) is 5.73. The monoisotopic (exact) mass is 491 g/mol. The number of Topliss-reactive ketones (excluding diaryl/α,β-unsaturated/α-hetero) is 2. The highest BCUT2D eigenvalue weighted by atomic mass is 35.5. The molecule has 5 nitrogen and oxygen atoms in total. The van der Waals surface area contributed by atoms with Crippen LogP contribution >= 0.6 is 11.6 Å². The number of phenols is 1. The van der Waals surface area contributed by atoms with E-state index in [2.05, 4.69) is 17.0 Å². The van der Waals surface area contributed by atoms with Gasteiger partial charge in [0.05, 0.1) is 11.6 Å². The molecule has 0 saturated heterocycles. The fourth-order valence-corrected chi connectivity index (χ4v) is 5.95. The summed E-state index contributed by atoms with van der Waals surface area (Å²) in [7, 11) is 0. The molecule has 0 unspecified atom stereocenters. The summed E-state index contributed by atoms with van der Waals surface area (Å²) in [5.74, 6) is -0.143. The average molecular weight is 492 g/mol. The lowest BCUT2D eigenvalue weighted by molar-refractivity contribution is -0.117. The van der Waals surface area contributed by atoms with E-state index < -0.39 is 5.92 Å². The van der Waals surface area contributed by atoms with Gasteiger partial charge in [-0.1, -0.05) is 41.9 Å². The van der Waals surface area contributed by atoms with Gasteiger partial charge in [-0.2, -0.15) is 0 Å². The second-order valence-corrected chi connectivity index (χ2v) is 9.78. The molecule has 35 heavy (non-hydrogen) atoms. The number of hydrogen-bond donors (Lipinski definition) is 1. The van der Waals surface area contributed by atoms with E-state index in [4.69, 9.17) is 16.3 Å². The van der Waals surface area contributed by atoms with Gasteiger partial charge >= 0.3 is 0 Å². The molecule has 2 aliphatic carbocycles. The number of aromatic hydroxyl groups is 1. The zero-order valence-electron chi connectivity index (χ0n) is 20.0. The number of benzene rings is 2. The van der Waals surface area contributed by atoms with Crippen molar-refractivity contribution in [3.05, 3.63) is 81.2 Å². The third-order valence-electron chi connectivity index (χ3n) is 7.24. The number of allylic oxidation sites excluding steroid dienone is 4. The number of rotatable bonds is 6. The Balaban J connectivity index is 1.65. The van der Waals surface area contributed by atoms with Crippen LogP contribution in [0.4, 0.5) is 0 Å². The molecule has 1 N–H and O–H groups in total. The minimum atomic E-state index is -0.481. The van der Waals surface area contributed by atoms with Crippen LogP contribution in [0.1, 0.15) is 62.5 Å². The van der Waals surface area contributed by atoms with Gasteiger partial charge in [0.15, 0.2) is 23.1 Å². The molecule has 0 atom stereocenters. The molecule has 2 aromatic carbocycles. The number of phenolic OH excluding ortho intramolecular Hbond substituents is 1. The van der Waals surface area contributed by atoms with Gasteiger partial charge in [-0.05, 0) is 62.3 Å². The Kier molecular flexibility index (Phi) is 6.70. The summed E-state index contributed by atoms with van der Waals surface area (Å²) >= 11 is 6.40. The normalized spacial score (nSPS) is 18.6. The van der Waals surface area contributed by atoms with Crippen molar-refractivity contribution in [1.29, 1.82) is 0 Å². The van der Waals surface area contributed by atoms with Crippen LogP contribution in [0.3, 0.4) is 0 Å². The Bertz CT molecular complexity index is 1190. The Morgan fingerprint density at radius 3 is 2.20 bits per heavy atom. The van der Waals surface area contributed by atoms with Gasteiger partial charge in [0.1, 0.15) is 0 Å². The Morgan fingerprint density at radius 2 is 1.60 bits per heavy atom. The second kappa shape index (κ2) is 9.90. The Labute approximate surface area is 211 Å². The lowest BCUT2D eigenvalue weighted by Gasteiger charge is -2.44. The van der Waals surface area contributed by atoms with Crippen LogP contribution in [-0.4, -0.2) is 34.7 Å². The Morgan fingerprint density at radius 1 is 0.971 bits per heavy atom. The number of ketones is 2. The zero-order valence-corrected chi connectivity index (χ0v) is 20.7. The maximum Gasteiger partial charge on any atom is 0.176 e. The molecule has 0 radical (unpaired) electrons. The standard InChI is InChI=1S/C29H30ClNO4/c1-2-35-25-17-19(16-20(30)29(25)34)26-27-21(10-6-12-23(27)32)31(15-14-18-8-4-3-5-9-18)22-11-7-13-24(33)28(22)26/h3-5,8-9,16-17,26,34H,2,6-7,10-15H2,1H3. The topological polar surface area (TPSA) is 66.8 Å². The molecule has 5 rings (SSSR count). The van der Waals surface area contributed by atoms with Crippen LogP contribution in [-0.2, 0) is 16.0 Å². The van der Waals surface area contributed by atoms with Gasteiger partial charge in [0.2, 0.25) is 0 Å². The van der Waals surface area contributed by atoms with Crippen LogP contribution in [0.15, 0.2) is 65.0 Å². The van der Waals surface area contributed by atoms with E-state index in [0.29, 0.717) is 30.6 Å². The van der Waals surface area contributed by atoms with Crippen molar-refractivity contribution >= 4 is 23.2 Å². The van der Waals surface area contributed by atoms with Gasteiger partial charge in [-0.15, -0.1) is 0 Å². The Hall–Kier alpha value is -3.05. The summed E-state index contributed by atoms with van der Waals surface area (Å²) in [5, 5.41) is 10.6. The van der Waals surface area contributed by atoms with Gasteiger partial charge in [0.25, 0.3) is 0 Å². The molecular weight excluding hydrogens is 462 g/mol. The average Bonchev–Trinajstić information content (AvgIpc) is 2.86. The van der Waals surface area contributed by atoms with E-state index in [-0.39, 0.29) is 28.1 Å². The largest absolute Gasteiger partial charge is 0.503 e. The first-order chi connectivity index (χ1) is 17.0. The second-order valence-electron chi connectivity index (χ2n) is 9.38. The number of carbonyl (C=O) groups excluding carboxylic acids is 2. The molecule has 0 saturated carbocycles. The number of ether oxygens (including phenoxy) is 1. The van der Waals surface area contributed by atoms with Crippen molar-refractivity contribution in [2.45, 2.75) is 57.8 Å². The summed E-state index contributed by atoms with van der Waals surface area (Å²) < 4.78 is 5.64. The molecule has 182 valence electrons. The molecule has 0 aromatic heterocycles. The van der Waals surface area contributed by atoms with Crippen LogP contribution in [0.5, 0.6) is 11.5 Å². The molecule has 3 aliphatic rings. The molecule has 1 heterocycles. The van der Waals surface area contributed by atoms with Crippen molar-refractivity contribution in [2.75, 3.05) is 13.2 Å². The van der Waals surface area contributed by atoms with Gasteiger partial charge in [0, 0.05) is 47.8 Å². The summed E-state index contributed by atoms with van der Waals surface area (Å²) in [6.45, 7) is 2.93. The molecule has 1 aliphatic heterocycles. The van der Waals surface area contributed by atoms with Gasteiger partial charge in [-0.3, -0.25) is 9.59 Å². The minimum Gasteiger partial charge on any atom is -0.503 e. The molecule has 0 bridgehead atoms. The summed E-state index contributed by atoms with van der Waals surface area (Å²) in [6.07, 6.45) is 5.02. The van der Waals surface area contributed by atoms with E-state index in [1.807, 2.05) is 25.1 Å². The predicted molar refractivity (Wildman–Crippen MR) is 136 cm³/mol. The third kappa shape index (κ3) is 4.38. The lowest BCUT2D eigenvalue weighted by atomic mass is 9.71. The van der Waals surface area contributed by atoms with E-state index in [1.54, 1.807) is 12.1 Å². The quantitative estimate of drug-likeness (QED) is 0.528. The van der Waals surface area contributed by atoms with Crippen molar-refractivity contribution in [3.63, 3.8) is 0 Å². The molecule has 0 spiro atoms. The highest BCUT2D eigenvalue weighted by Crippen LogP contribution is 2.51. The first-order valence-electron chi connectivity index (χ1n) is 12.5. The maximum atomic E-state index is 13.4. The highest BCUT2D eigenvalue weighted by Gasteiger charge is 2.43.